The number of imidazole rings is 1. The molecule has 3 aromatic rings. The third-order valence-corrected chi connectivity index (χ3v) is 5.83. The largest absolute Gasteiger partial charge is 0.381 e. The fraction of sp³-hybridized carbons (Fsp3) is 0.455. The van der Waals surface area contributed by atoms with Crippen LogP contribution < -0.4 is 5.32 Å². The molecule has 1 aliphatic carbocycles. The molecule has 1 aromatic carbocycles. The quantitative estimate of drug-likeness (QED) is 0.728. The number of aryl methyl sites for hydroxylation is 3. The smallest absolute Gasteiger partial charge is 0.251 e. The number of carbonyl (C=O) groups excluding carboxylic acids is 1. The fourth-order valence-electron chi connectivity index (χ4n) is 3.91. The minimum atomic E-state index is 0.00911. The SMILES string of the molecule is CO[C@@H]1CCC[C@H](C(=O)Nc2ccc(-c3cn4nc(C)c(C)nc4n3)cc2C)C1. The van der Waals surface area contributed by atoms with Gasteiger partial charge in [-0.15, -0.1) is 0 Å². The highest BCUT2D eigenvalue weighted by Gasteiger charge is 2.27. The van der Waals surface area contributed by atoms with Gasteiger partial charge >= 0.3 is 0 Å². The number of nitrogens with zero attached hydrogens (tertiary/aromatic N) is 4. The van der Waals surface area contributed by atoms with Crippen LogP contribution in [0.4, 0.5) is 5.69 Å². The molecule has 152 valence electrons. The van der Waals surface area contributed by atoms with Gasteiger partial charge in [-0.2, -0.15) is 5.10 Å². The maximum Gasteiger partial charge on any atom is 0.251 e. The molecule has 4 rings (SSSR count). The van der Waals surface area contributed by atoms with E-state index in [2.05, 4.69) is 20.4 Å². The average molecular weight is 393 g/mol. The summed E-state index contributed by atoms with van der Waals surface area (Å²) < 4.78 is 7.16. The van der Waals surface area contributed by atoms with Gasteiger partial charge in [0.15, 0.2) is 0 Å². The first-order chi connectivity index (χ1) is 13.9. The van der Waals surface area contributed by atoms with Crippen molar-refractivity contribution in [3.8, 4) is 11.3 Å². The van der Waals surface area contributed by atoms with E-state index >= 15 is 0 Å². The first-order valence-electron chi connectivity index (χ1n) is 10.1. The molecular formula is C22H27N5O2. The highest BCUT2D eigenvalue weighted by Crippen LogP contribution is 2.29. The lowest BCUT2D eigenvalue weighted by atomic mass is 9.86. The van der Waals surface area contributed by atoms with Crippen LogP contribution in [0.5, 0.6) is 0 Å². The van der Waals surface area contributed by atoms with Crippen LogP contribution in [0, 0.1) is 26.7 Å². The van der Waals surface area contributed by atoms with E-state index in [1.165, 1.54) is 0 Å². The van der Waals surface area contributed by atoms with Gasteiger partial charge in [-0.1, -0.05) is 12.5 Å². The Balaban J connectivity index is 1.53. The lowest BCUT2D eigenvalue weighted by Crippen LogP contribution is -2.31. The molecule has 7 heteroatoms. The van der Waals surface area contributed by atoms with Gasteiger partial charge in [0.2, 0.25) is 5.91 Å². The molecule has 2 heterocycles. The van der Waals surface area contributed by atoms with Crippen molar-refractivity contribution in [1.82, 2.24) is 19.6 Å². The van der Waals surface area contributed by atoms with E-state index in [0.717, 1.165) is 59.6 Å². The Morgan fingerprint density at radius 2 is 2.00 bits per heavy atom. The normalized spacial score (nSPS) is 19.4. The van der Waals surface area contributed by atoms with E-state index in [9.17, 15) is 4.79 Å². The number of amides is 1. The van der Waals surface area contributed by atoms with Gasteiger partial charge in [0.05, 0.1) is 29.4 Å². The number of benzene rings is 1. The van der Waals surface area contributed by atoms with Gasteiger partial charge in [-0.05, 0) is 57.7 Å². The van der Waals surface area contributed by atoms with Crippen LogP contribution in [-0.4, -0.2) is 38.7 Å². The third kappa shape index (κ3) is 4.00. The molecule has 7 nitrogen and oxygen atoms in total. The zero-order chi connectivity index (χ0) is 20.5. The van der Waals surface area contributed by atoms with E-state index in [4.69, 9.17) is 4.74 Å². The molecule has 0 bridgehead atoms. The van der Waals surface area contributed by atoms with Crippen LogP contribution in [0.15, 0.2) is 24.4 Å². The second-order valence-electron chi connectivity index (χ2n) is 7.89. The average Bonchev–Trinajstić information content (AvgIpc) is 3.12. The predicted octanol–water partition coefficient (Wildman–Crippen LogP) is 3.86. The van der Waals surface area contributed by atoms with Crippen LogP contribution in [0.3, 0.4) is 0 Å². The molecule has 0 radical (unpaired) electrons. The molecule has 1 aliphatic rings. The van der Waals surface area contributed by atoms with Crippen molar-refractivity contribution in [1.29, 1.82) is 0 Å². The van der Waals surface area contributed by atoms with Crippen LogP contribution in [0.25, 0.3) is 17.0 Å². The molecule has 1 saturated carbocycles. The molecule has 2 atom stereocenters. The highest BCUT2D eigenvalue weighted by molar-refractivity contribution is 5.93. The molecule has 0 spiro atoms. The number of rotatable bonds is 4. The molecule has 1 N–H and O–H groups in total. The summed E-state index contributed by atoms with van der Waals surface area (Å²) in [6.45, 7) is 5.86. The zero-order valence-corrected chi connectivity index (χ0v) is 17.4. The predicted molar refractivity (Wildman–Crippen MR) is 112 cm³/mol. The molecule has 0 aliphatic heterocycles. The number of aromatic nitrogens is 4. The van der Waals surface area contributed by atoms with Crippen molar-refractivity contribution >= 4 is 17.4 Å². The maximum absolute atomic E-state index is 12.7. The first kappa shape index (κ1) is 19.5. The molecule has 2 aromatic heterocycles. The summed E-state index contributed by atoms with van der Waals surface area (Å²) in [4.78, 5) is 21.8. The van der Waals surface area contributed by atoms with Crippen molar-refractivity contribution in [3.05, 3.63) is 41.3 Å². The fourth-order valence-corrected chi connectivity index (χ4v) is 3.91. The van der Waals surface area contributed by atoms with E-state index in [1.54, 1.807) is 11.6 Å². The highest BCUT2D eigenvalue weighted by atomic mass is 16.5. The summed E-state index contributed by atoms with van der Waals surface area (Å²) >= 11 is 0. The van der Waals surface area contributed by atoms with Crippen LogP contribution >= 0.6 is 0 Å². The van der Waals surface area contributed by atoms with Crippen LogP contribution in [0.1, 0.15) is 42.6 Å². The number of fused-ring (bicyclic) bond motifs is 1. The molecule has 0 unspecified atom stereocenters. The minimum absolute atomic E-state index is 0.00911. The number of methoxy groups -OCH3 is 1. The van der Waals surface area contributed by atoms with E-state index < -0.39 is 0 Å². The second-order valence-corrected chi connectivity index (χ2v) is 7.89. The number of anilines is 1. The Morgan fingerprint density at radius 3 is 2.76 bits per heavy atom. The topological polar surface area (TPSA) is 81.4 Å². The second kappa shape index (κ2) is 7.91. The maximum atomic E-state index is 12.7. The zero-order valence-electron chi connectivity index (χ0n) is 17.4. The molecule has 29 heavy (non-hydrogen) atoms. The van der Waals surface area contributed by atoms with Gasteiger partial charge in [0, 0.05) is 24.3 Å². The lowest BCUT2D eigenvalue weighted by molar-refractivity contribution is -0.122. The van der Waals surface area contributed by atoms with E-state index in [-0.39, 0.29) is 17.9 Å². The minimum Gasteiger partial charge on any atom is -0.381 e. The van der Waals surface area contributed by atoms with E-state index in [0.29, 0.717) is 5.78 Å². The standard InChI is InChI=1S/C22H27N5O2/c1-13-10-16(20-12-27-22(25-20)23-14(2)15(3)26-27)8-9-19(13)24-21(28)17-6-5-7-18(11-17)29-4/h8-10,12,17-18H,5-7,11H2,1-4H3,(H,24,28)/t17-,18+/m0/s1. The van der Waals surface area contributed by atoms with Crippen molar-refractivity contribution in [3.63, 3.8) is 0 Å². The third-order valence-electron chi connectivity index (χ3n) is 5.83. The number of hydrogen-bond acceptors (Lipinski definition) is 5. The first-order valence-corrected chi connectivity index (χ1v) is 10.1. The molecule has 0 saturated heterocycles. The summed E-state index contributed by atoms with van der Waals surface area (Å²) in [5.41, 5.74) is 5.38. The number of nitrogens with one attached hydrogen (secondary N) is 1. The Labute approximate surface area is 170 Å². The summed E-state index contributed by atoms with van der Waals surface area (Å²) in [5, 5.41) is 7.59. The molecule has 1 fully saturated rings. The number of hydrogen-bond donors (Lipinski definition) is 1. The summed E-state index contributed by atoms with van der Waals surface area (Å²) in [7, 11) is 1.72. The summed E-state index contributed by atoms with van der Waals surface area (Å²) in [6, 6.07) is 5.96. The van der Waals surface area contributed by atoms with Gasteiger partial charge in [0.25, 0.3) is 5.78 Å². The van der Waals surface area contributed by atoms with Crippen molar-refractivity contribution in [2.75, 3.05) is 12.4 Å². The van der Waals surface area contributed by atoms with Crippen LogP contribution in [-0.2, 0) is 9.53 Å². The van der Waals surface area contributed by atoms with Gasteiger partial charge in [-0.25, -0.2) is 14.5 Å². The van der Waals surface area contributed by atoms with Gasteiger partial charge in [-0.3, -0.25) is 4.79 Å². The van der Waals surface area contributed by atoms with Crippen molar-refractivity contribution in [2.24, 2.45) is 5.92 Å². The Kier molecular flexibility index (Phi) is 5.32. The van der Waals surface area contributed by atoms with Crippen molar-refractivity contribution in [2.45, 2.75) is 52.6 Å². The Bertz CT molecular complexity index is 1020. The number of carbonyl (C=O) groups is 1. The number of ether oxygens (including phenoxy) is 1. The molecule has 1 amide bonds. The van der Waals surface area contributed by atoms with E-state index in [1.807, 2.05) is 45.2 Å². The van der Waals surface area contributed by atoms with Gasteiger partial charge in [0.1, 0.15) is 0 Å². The summed E-state index contributed by atoms with van der Waals surface area (Å²) in [6.07, 6.45) is 5.85. The lowest BCUT2D eigenvalue weighted by Gasteiger charge is -2.27. The summed E-state index contributed by atoms with van der Waals surface area (Å²) in [5.74, 6) is 0.674. The van der Waals surface area contributed by atoms with Crippen LogP contribution in [0.2, 0.25) is 0 Å². The Hall–Kier alpha value is -2.80. The molecular weight excluding hydrogens is 366 g/mol. The van der Waals surface area contributed by atoms with Crippen molar-refractivity contribution < 1.29 is 9.53 Å². The monoisotopic (exact) mass is 393 g/mol. The Morgan fingerprint density at radius 1 is 1.17 bits per heavy atom. The van der Waals surface area contributed by atoms with Gasteiger partial charge < -0.3 is 10.1 Å².